The Morgan fingerprint density at radius 1 is 0.216 bits per heavy atom. The zero-order valence-corrected chi connectivity index (χ0v) is 50.7. The van der Waals surface area contributed by atoms with Crippen molar-refractivity contribution in [1.29, 1.82) is 0 Å². The smallest absolute Gasteiger partial charge is 0.306 e. The van der Waals surface area contributed by atoms with Gasteiger partial charge in [-0.2, -0.15) is 0 Å². The molecule has 0 aliphatic carbocycles. The van der Waals surface area contributed by atoms with Crippen molar-refractivity contribution in [3.63, 3.8) is 0 Å². The van der Waals surface area contributed by atoms with Crippen molar-refractivity contribution in [2.24, 2.45) is 0 Å². The van der Waals surface area contributed by atoms with E-state index in [1.54, 1.807) is 0 Å². The van der Waals surface area contributed by atoms with Gasteiger partial charge in [-0.15, -0.1) is 0 Å². The van der Waals surface area contributed by atoms with Crippen LogP contribution < -0.4 is 0 Å². The molecule has 6 heteroatoms. The van der Waals surface area contributed by atoms with Crippen LogP contribution in [-0.2, 0) is 28.6 Å². The van der Waals surface area contributed by atoms with E-state index in [9.17, 15) is 14.4 Å². The Morgan fingerprint density at radius 2 is 0.365 bits per heavy atom. The molecule has 0 spiro atoms. The minimum atomic E-state index is -0.760. The summed E-state index contributed by atoms with van der Waals surface area (Å²) in [7, 11) is 0. The van der Waals surface area contributed by atoms with Crippen molar-refractivity contribution in [2.45, 2.75) is 406 Å². The van der Waals surface area contributed by atoms with E-state index in [-0.39, 0.29) is 31.1 Å². The second-order valence-corrected chi connectivity index (χ2v) is 23.5. The number of hydrogen-bond donors (Lipinski definition) is 0. The highest BCUT2D eigenvalue weighted by atomic mass is 16.6. The highest BCUT2D eigenvalue weighted by molar-refractivity contribution is 5.71. The van der Waals surface area contributed by atoms with Crippen molar-refractivity contribution in [1.82, 2.24) is 0 Å². The fraction of sp³-hybridized carbons (Fsp3) is 0.956. The molecule has 0 aliphatic rings. The molecule has 1 unspecified atom stereocenters. The van der Waals surface area contributed by atoms with E-state index in [2.05, 4.69) is 20.8 Å². The molecule has 0 N–H and O–H groups in total. The minimum Gasteiger partial charge on any atom is -0.462 e. The number of carbonyl (C=O) groups is 3. The average Bonchev–Trinajstić information content (AvgIpc) is 3.40. The fourth-order valence-electron chi connectivity index (χ4n) is 10.7. The zero-order chi connectivity index (χ0) is 53.6. The maximum absolute atomic E-state index is 12.8. The molecule has 0 saturated heterocycles. The monoisotopic (exact) mass is 1050 g/mol. The van der Waals surface area contributed by atoms with Gasteiger partial charge in [-0.3, -0.25) is 14.4 Å². The molecule has 6 nitrogen and oxygen atoms in total. The van der Waals surface area contributed by atoms with Gasteiger partial charge >= 0.3 is 17.9 Å². The zero-order valence-electron chi connectivity index (χ0n) is 50.7. The molecular weight excluding hydrogens is 913 g/mol. The van der Waals surface area contributed by atoms with E-state index in [0.29, 0.717) is 19.3 Å². The Labute approximate surface area is 463 Å². The van der Waals surface area contributed by atoms with E-state index >= 15 is 0 Å². The summed E-state index contributed by atoms with van der Waals surface area (Å²) in [5.74, 6) is -0.845. The summed E-state index contributed by atoms with van der Waals surface area (Å²) < 4.78 is 16.8. The Hall–Kier alpha value is -1.59. The number of rotatable bonds is 64. The normalized spacial score (nSPS) is 11.9. The molecule has 1 atom stereocenters. The van der Waals surface area contributed by atoms with Gasteiger partial charge in [-0.05, 0) is 19.3 Å². The number of esters is 3. The molecule has 74 heavy (non-hydrogen) atoms. The topological polar surface area (TPSA) is 78.9 Å². The molecule has 440 valence electrons. The lowest BCUT2D eigenvalue weighted by molar-refractivity contribution is -0.167. The lowest BCUT2D eigenvalue weighted by Crippen LogP contribution is -2.30. The van der Waals surface area contributed by atoms with Gasteiger partial charge in [0.05, 0.1) is 0 Å². The first-order chi connectivity index (χ1) is 36.5. The van der Waals surface area contributed by atoms with Crippen molar-refractivity contribution in [2.75, 3.05) is 13.2 Å². The van der Waals surface area contributed by atoms with Crippen LogP contribution in [0, 0.1) is 0 Å². The van der Waals surface area contributed by atoms with Crippen LogP contribution in [-0.4, -0.2) is 37.2 Å². The minimum absolute atomic E-state index is 0.0623. The Kier molecular flexibility index (Phi) is 62.6. The maximum Gasteiger partial charge on any atom is 0.306 e. The van der Waals surface area contributed by atoms with E-state index in [1.165, 1.54) is 295 Å². The summed E-state index contributed by atoms with van der Waals surface area (Å²) in [6.07, 6.45) is 74.8. The molecule has 0 radical (unpaired) electrons. The van der Waals surface area contributed by atoms with Crippen LogP contribution >= 0.6 is 0 Å². The van der Waals surface area contributed by atoms with Crippen LogP contribution in [0.5, 0.6) is 0 Å². The highest BCUT2D eigenvalue weighted by Crippen LogP contribution is 2.19. The quantitative estimate of drug-likeness (QED) is 0.0343. The van der Waals surface area contributed by atoms with E-state index in [1.807, 2.05) is 0 Å². The lowest BCUT2D eigenvalue weighted by atomic mass is 10.0. The van der Waals surface area contributed by atoms with Gasteiger partial charge in [-0.25, -0.2) is 0 Å². The van der Waals surface area contributed by atoms with Crippen LogP contribution in [0.15, 0.2) is 0 Å². The Bertz CT molecular complexity index is 1110. The van der Waals surface area contributed by atoms with Crippen LogP contribution in [0.2, 0.25) is 0 Å². The number of ether oxygens (including phenoxy) is 3. The fourth-order valence-corrected chi connectivity index (χ4v) is 10.7. The molecule has 0 fully saturated rings. The Balaban J connectivity index is 3.88. The molecule has 0 aromatic carbocycles. The number of hydrogen-bond acceptors (Lipinski definition) is 6. The predicted molar refractivity (Wildman–Crippen MR) is 321 cm³/mol. The molecule has 0 rings (SSSR count). The molecule has 0 heterocycles. The summed E-state index contributed by atoms with van der Waals surface area (Å²) in [5, 5.41) is 0. The second kappa shape index (κ2) is 63.9. The standard InChI is InChI=1S/C68H132O6/c1-4-7-10-13-15-17-19-21-23-25-27-29-30-31-32-33-34-35-36-37-38-39-41-42-44-46-48-50-52-55-58-61-67(70)73-64-65(63-72-66(69)60-57-54-12-9-6-3)74-68(71)62-59-56-53-51-49-47-45-43-40-28-26-24-22-20-18-16-14-11-8-5-2/h65H,4-64H2,1-3H3. The summed E-state index contributed by atoms with van der Waals surface area (Å²) in [6, 6.07) is 0. The van der Waals surface area contributed by atoms with Crippen molar-refractivity contribution in [3.05, 3.63) is 0 Å². The molecule has 0 bridgehead atoms. The molecule has 0 aliphatic heterocycles. The van der Waals surface area contributed by atoms with E-state index in [4.69, 9.17) is 14.2 Å². The van der Waals surface area contributed by atoms with Crippen molar-refractivity contribution in [3.8, 4) is 0 Å². The second-order valence-electron chi connectivity index (χ2n) is 23.5. The van der Waals surface area contributed by atoms with E-state index in [0.717, 1.165) is 64.2 Å². The van der Waals surface area contributed by atoms with Gasteiger partial charge in [0.2, 0.25) is 0 Å². The van der Waals surface area contributed by atoms with Crippen LogP contribution in [0.25, 0.3) is 0 Å². The summed E-state index contributed by atoms with van der Waals surface area (Å²) >= 11 is 0. The third kappa shape index (κ3) is 61.3. The average molecular weight is 1050 g/mol. The maximum atomic E-state index is 12.8. The van der Waals surface area contributed by atoms with Gasteiger partial charge in [0.1, 0.15) is 13.2 Å². The van der Waals surface area contributed by atoms with Gasteiger partial charge in [0.15, 0.2) is 6.10 Å². The molecule has 0 saturated carbocycles. The largest absolute Gasteiger partial charge is 0.462 e. The molecule has 0 amide bonds. The lowest BCUT2D eigenvalue weighted by Gasteiger charge is -2.18. The molecule has 0 aromatic heterocycles. The number of carbonyl (C=O) groups excluding carboxylic acids is 3. The van der Waals surface area contributed by atoms with Crippen LogP contribution in [0.1, 0.15) is 400 Å². The first-order valence-corrected chi connectivity index (χ1v) is 34.0. The number of unbranched alkanes of at least 4 members (excludes halogenated alkanes) is 53. The SMILES string of the molecule is CCCCCCCCCCCCCCCCCCCCCCCCCCCCCCCCCC(=O)OCC(COC(=O)CCCCCCC)OC(=O)CCCCCCCCCCCCCCCCCCCCCC. The van der Waals surface area contributed by atoms with Crippen LogP contribution in [0.4, 0.5) is 0 Å². The van der Waals surface area contributed by atoms with E-state index < -0.39 is 6.10 Å². The van der Waals surface area contributed by atoms with Gasteiger partial charge < -0.3 is 14.2 Å². The van der Waals surface area contributed by atoms with Crippen molar-refractivity contribution < 1.29 is 28.6 Å². The first-order valence-electron chi connectivity index (χ1n) is 34.0. The third-order valence-electron chi connectivity index (χ3n) is 15.9. The van der Waals surface area contributed by atoms with Gasteiger partial charge in [0, 0.05) is 19.3 Å². The molecular formula is C68H132O6. The summed E-state index contributed by atoms with van der Waals surface area (Å²) in [4.78, 5) is 37.9. The predicted octanol–water partition coefficient (Wildman–Crippen LogP) is 23.1. The molecule has 0 aromatic rings. The van der Waals surface area contributed by atoms with Gasteiger partial charge in [-0.1, -0.05) is 361 Å². The summed E-state index contributed by atoms with van der Waals surface area (Å²) in [6.45, 7) is 6.64. The Morgan fingerprint density at radius 3 is 0.541 bits per heavy atom. The summed E-state index contributed by atoms with van der Waals surface area (Å²) in [5.41, 5.74) is 0. The van der Waals surface area contributed by atoms with Gasteiger partial charge in [0.25, 0.3) is 0 Å². The van der Waals surface area contributed by atoms with Crippen molar-refractivity contribution >= 4 is 17.9 Å². The third-order valence-corrected chi connectivity index (χ3v) is 15.9. The first kappa shape index (κ1) is 72.4. The van der Waals surface area contributed by atoms with Crippen LogP contribution in [0.3, 0.4) is 0 Å². The highest BCUT2D eigenvalue weighted by Gasteiger charge is 2.19.